The van der Waals surface area contributed by atoms with E-state index in [4.69, 9.17) is 4.74 Å². The van der Waals surface area contributed by atoms with Crippen molar-refractivity contribution in [2.24, 2.45) is 0 Å². The summed E-state index contributed by atoms with van der Waals surface area (Å²) in [6.45, 7) is 3.37. The van der Waals surface area contributed by atoms with Crippen LogP contribution in [0.25, 0.3) is 0 Å². The number of para-hydroxylation sites is 2. The quantitative estimate of drug-likeness (QED) is 0.849. The van der Waals surface area contributed by atoms with Crippen LogP contribution in [0.3, 0.4) is 0 Å². The molecule has 0 spiro atoms. The number of anilines is 1. The van der Waals surface area contributed by atoms with Crippen LogP contribution in [-0.2, 0) is 16.4 Å². The van der Waals surface area contributed by atoms with Gasteiger partial charge in [-0.15, -0.1) is 10.2 Å². The van der Waals surface area contributed by atoms with Gasteiger partial charge in [-0.2, -0.15) is 0 Å². The molecule has 1 aliphatic heterocycles. The van der Waals surface area contributed by atoms with E-state index >= 15 is 0 Å². The fourth-order valence-electron chi connectivity index (χ4n) is 2.36. The van der Waals surface area contributed by atoms with Crippen molar-refractivity contribution >= 4 is 26.9 Å². The fourth-order valence-corrected chi connectivity index (χ4v) is 4.02. The Hall–Kier alpha value is -1.67. The van der Waals surface area contributed by atoms with Gasteiger partial charge in [0.15, 0.2) is 0 Å². The van der Waals surface area contributed by atoms with Crippen LogP contribution < -0.4 is 9.64 Å². The minimum Gasteiger partial charge on any atom is -0.486 e. The largest absolute Gasteiger partial charge is 0.486 e. The summed E-state index contributed by atoms with van der Waals surface area (Å²) in [5.74, 6) is 0.855. The molecule has 1 unspecified atom stereocenters. The molecular formula is C14H17N3O3S2. The van der Waals surface area contributed by atoms with Crippen LogP contribution in [0.1, 0.15) is 18.4 Å². The summed E-state index contributed by atoms with van der Waals surface area (Å²) in [7, 11) is -3.30. The molecule has 1 aromatic carbocycles. The fraction of sp³-hybridized carbons (Fsp3) is 0.429. The van der Waals surface area contributed by atoms with Crippen molar-refractivity contribution in [1.82, 2.24) is 10.2 Å². The second-order valence-electron chi connectivity index (χ2n) is 5.23. The van der Waals surface area contributed by atoms with Gasteiger partial charge in [0, 0.05) is 6.26 Å². The summed E-state index contributed by atoms with van der Waals surface area (Å²) in [5.41, 5.74) is 1.00. The third-order valence-corrected chi connectivity index (χ3v) is 6.05. The zero-order valence-corrected chi connectivity index (χ0v) is 14.0. The summed E-state index contributed by atoms with van der Waals surface area (Å²) in [6.07, 6.45) is 2.18. The van der Waals surface area contributed by atoms with Gasteiger partial charge in [-0.05, 0) is 18.6 Å². The van der Waals surface area contributed by atoms with E-state index in [1.165, 1.54) is 0 Å². The van der Waals surface area contributed by atoms with E-state index in [0.717, 1.165) is 42.0 Å². The Bertz CT molecular complexity index is 773. The molecule has 22 heavy (non-hydrogen) atoms. The predicted octanol–water partition coefficient (Wildman–Crippen LogP) is 2.12. The minimum atomic E-state index is -3.30. The zero-order valence-electron chi connectivity index (χ0n) is 12.4. The normalized spacial score (nSPS) is 17.9. The number of rotatable bonds is 4. The van der Waals surface area contributed by atoms with Crippen LogP contribution in [0.2, 0.25) is 0 Å². The van der Waals surface area contributed by atoms with E-state index in [1.807, 2.05) is 24.3 Å². The number of sulfone groups is 1. The Morgan fingerprint density at radius 2 is 2.14 bits per heavy atom. The van der Waals surface area contributed by atoms with Crippen LogP contribution in [0.4, 0.5) is 5.69 Å². The molecule has 0 radical (unpaired) electrons. The van der Waals surface area contributed by atoms with Crippen molar-refractivity contribution < 1.29 is 13.2 Å². The van der Waals surface area contributed by atoms with Gasteiger partial charge >= 0.3 is 0 Å². The lowest BCUT2D eigenvalue weighted by Crippen LogP contribution is -2.39. The van der Waals surface area contributed by atoms with E-state index in [-0.39, 0.29) is 10.4 Å². The average molecular weight is 339 g/mol. The number of nitrogens with zero attached hydrogens (tertiary/aromatic N) is 3. The molecule has 1 aliphatic rings. The lowest BCUT2D eigenvalue weighted by molar-refractivity contribution is 0.188. The third-order valence-electron chi connectivity index (χ3n) is 3.47. The summed E-state index contributed by atoms with van der Waals surface area (Å²) in [5, 5.41) is 8.47. The Balaban J connectivity index is 1.87. The summed E-state index contributed by atoms with van der Waals surface area (Å²) in [4.78, 5) is 2.17. The van der Waals surface area contributed by atoms with Crippen LogP contribution in [0.5, 0.6) is 5.75 Å². The van der Waals surface area contributed by atoms with Gasteiger partial charge in [-0.25, -0.2) is 8.42 Å². The van der Waals surface area contributed by atoms with Crippen molar-refractivity contribution in [1.29, 1.82) is 0 Å². The first-order chi connectivity index (χ1) is 10.5. The highest BCUT2D eigenvalue weighted by Crippen LogP contribution is 2.35. The molecule has 1 aromatic heterocycles. The second kappa shape index (κ2) is 5.85. The highest BCUT2D eigenvalue weighted by Gasteiger charge is 2.25. The molecule has 0 saturated carbocycles. The van der Waals surface area contributed by atoms with E-state index in [0.29, 0.717) is 11.6 Å². The van der Waals surface area contributed by atoms with Crippen LogP contribution in [-0.4, -0.2) is 37.5 Å². The number of ether oxygens (including phenoxy) is 1. The topological polar surface area (TPSA) is 72.4 Å². The number of hydrogen-bond acceptors (Lipinski definition) is 7. The van der Waals surface area contributed by atoms with Crippen LogP contribution in [0.15, 0.2) is 28.6 Å². The van der Waals surface area contributed by atoms with E-state index in [2.05, 4.69) is 22.0 Å². The minimum absolute atomic E-state index is 0.0658. The zero-order chi connectivity index (χ0) is 15.7. The molecular weight excluding hydrogens is 322 g/mol. The molecule has 8 heteroatoms. The van der Waals surface area contributed by atoms with Gasteiger partial charge in [0.2, 0.25) is 14.2 Å². The summed E-state index contributed by atoms with van der Waals surface area (Å²) >= 11 is 1.12. The molecule has 1 atom stereocenters. The number of fused-ring (bicyclic) bond motifs is 1. The maximum absolute atomic E-state index is 11.5. The smallest absolute Gasteiger partial charge is 0.232 e. The second-order valence-corrected chi connectivity index (χ2v) is 8.48. The highest BCUT2D eigenvalue weighted by atomic mass is 32.2. The molecule has 0 aliphatic carbocycles. The van der Waals surface area contributed by atoms with Crippen molar-refractivity contribution in [2.45, 2.75) is 30.3 Å². The molecule has 0 amide bonds. The molecule has 0 saturated heterocycles. The Morgan fingerprint density at radius 3 is 2.82 bits per heavy atom. The standard InChI is InChI=1S/C14H17N3O3S2/c1-3-10-8-17(11-6-4-5-7-12(11)20-10)9-13-15-16-14(21-13)22(2,18)19/h4-7,10H,3,8-9H2,1-2H3. The monoisotopic (exact) mass is 339 g/mol. The Kier molecular flexibility index (Phi) is 4.05. The van der Waals surface area contributed by atoms with Crippen molar-refractivity contribution in [2.75, 3.05) is 17.7 Å². The van der Waals surface area contributed by atoms with Gasteiger partial charge in [-0.1, -0.05) is 30.4 Å². The number of aromatic nitrogens is 2. The Morgan fingerprint density at radius 1 is 1.36 bits per heavy atom. The van der Waals surface area contributed by atoms with Gasteiger partial charge in [0.05, 0.1) is 18.8 Å². The molecule has 118 valence electrons. The van der Waals surface area contributed by atoms with Crippen LogP contribution in [0, 0.1) is 0 Å². The van der Waals surface area contributed by atoms with Gasteiger partial charge < -0.3 is 9.64 Å². The van der Waals surface area contributed by atoms with E-state index < -0.39 is 9.84 Å². The van der Waals surface area contributed by atoms with Crippen molar-refractivity contribution in [3.63, 3.8) is 0 Å². The van der Waals surface area contributed by atoms with Gasteiger partial charge in [0.25, 0.3) is 0 Å². The molecule has 0 N–H and O–H groups in total. The first kappa shape index (κ1) is 15.2. The molecule has 0 fully saturated rings. The van der Waals surface area contributed by atoms with Crippen LogP contribution >= 0.6 is 11.3 Å². The van der Waals surface area contributed by atoms with E-state index in [1.54, 1.807) is 0 Å². The predicted molar refractivity (Wildman–Crippen MR) is 85.2 cm³/mol. The molecule has 6 nitrogen and oxygen atoms in total. The van der Waals surface area contributed by atoms with Crippen molar-refractivity contribution in [3.8, 4) is 5.75 Å². The SMILES string of the molecule is CCC1CN(Cc2nnc(S(C)(=O)=O)s2)c2ccccc2O1. The lowest BCUT2D eigenvalue weighted by atomic mass is 10.1. The molecule has 3 rings (SSSR count). The number of hydrogen-bond donors (Lipinski definition) is 0. The first-order valence-electron chi connectivity index (χ1n) is 7.00. The van der Waals surface area contributed by atoms with E-state index in [9.17, 15) is 8.42 Å². The molecule has 2 heterocycles. The third kappa shape index (κ3) is 3.07. The molecule has 0 bridgehead atoms. The Labute approximate surface area is 133 Å². The maximum Gasteiger partial charge on any atom is 0.232 e. The first-order valence-corrected chi connectivity index (χ1v) is 9.71. The summed E-state index contributed by atoms with van der Waals surface area (Å²) in [6, 6.07) is 7.86. The lowest BCUT2D eigenvalue weighted by Gasteiger charge is -2.35. The highest BCUT2D eigenvalue weighted by molar-refractivity contribution is 7.92. The van der Waals surface area contributed by atoms with Gasteiger partial charge in [-0.3, -0.25) is 0 Å². The average Bonchev–Trinajstić information content (AvgIpc) is 2.96. The summed E-state index contributed by atoms with van der Waals surface area (Å²) < 4.78 is 29.0. The van der Waals surface area contributed by atoms with Gasteiger partial charge in [0.1, 0.15) is 16.9 Å². The maximum atomic E-state index is 11.5. The number of benzene rings is 1. The van der Waals surface area contributed by atoms with Crippen molar-refractivity contribution in [3.05, 3.63) is 29.3 Å². The molecule has 2 aromatic rings.